The van der Waals surface area contributed by atoms with Crippen LogP contribution < -0.4 is 0 Å². The van der Waals surface area contributed by atoms with E-state index in [1.54, 1.807) is 11.3 Å². The van der Waals surface area contributed by atoms with Gasteiger partial charge in [0.05, 0.1) is 21.4 Å². The zero-order chi connectivity index (χ0) is 12.5. The molecule has 2 aromatic heterocycles. The number of halogens is 1. The van der Waals surface area contributed by atoms with Crippen LogP contribution in [0.25, 0.3) is 15.9 Å². The molecule has 0 aliphatic rings. The van der Waals surface area contributed by atoms with Crippen LogP contribution in [-0.2, 0) is 6.42 Å². The van der Waals surface area contributed by atoms with Gasteiger partial charge in [0.1, 0.15) is 5.82 Å². The monoisotopic (exact) mass is 278 g/mol. The number of aromatic nitrogens is 4. The average molecular weight is 279 g/mol. The first-order chi connectivity index (χ1) is 8.79. The number of benzene rings is 1. The van der Waals surface area contributed by atoms with Crippen LogP contribution in [0.3, 0.4) is 0 Å². The van der Waals surface area contributed by atoms with Crippen molar-refractivity contribution in [1.29, 1.82) is 0 Å². The quantitative estimate of drug-likeness (QED) is 0.737. The van der Waals surface area contributed by atoms with Crippen molar-refractivity contribution in [2.24, 2.45) is 0 Å². The molecule has 0 aliphatic heterocycles. The number of rotatable bonds is 3. The van der Waals surface area contributed by atoms with E-state index in [2.05, 4.69) is 28.2 Å². The molecule has 92 valence electrons. The fourth-order valence-electron chi connectivity index (χ4n) is 1.92. The summed E-state index contributed by atoms with van der Waals surface area (Å²) < 4.78 is 3.03. The Balaban J connectivity index is 2.15. The van der Waals surface area contributed by atoms with Crippen LogP contribution in [0, 0.1) is 0 Å². The van der Waals surface area contributed by atoms with E-state index in [0.717, 1.165) is 34.6 Å². The van der Waals surface area contributed by atoms with E-state index >= 15 is 0 Å². The van der Waals surface area contributed by atoms with Gasteiger partial charge in [0.25, 0.3) is 0 Å². The maximum atomic E-state index is 6.12. The van der Waals surface area contributed by atoms with E-state index in [9.17, 15) is 0 Å². The maximum absolute atomic E-state index is 6.12. The lowest BCUT2D eigenvalue weighted by Crippen LogP contribution is -2.01. The Hall–Kier alpha value is -1.46. The van der Waals surface area contributed by atoms with Gasteiger partial charge in [0, 0.05) is 6.42 Å². The summed E-state index contributed by atoms with van der Waals surface area (Å²) >= 11 is 7.73. The van der Waals surface area contributed by atoms with Gasteiger partial charge in [-0.15, -0.1) is 21.5 Å². The third-order valence-electron chi connectivity index (χ3n) is 2.74. The fraction of sp³-hybridized carbons (Fsp3) is 0.250. The highest BCUT2D eigenvalue weighted by Gasteiger charge is 2.12. The van der Waals surface area contributed by atoms with E-state index in [1.165, 1.54) is 0 Å². The third-order valence-corrected chi connectivity index (χ3v) is 3.77. The van der Waals surface area contributed by atoms with Crippen LogP contribution in [0.5, 0.6) is 0 Å². The van der Waals surface area contributed by atoms with E-state index in [-0.39, 0.29) is 0 Å². The summed E-state index contributed by atoms with van der Waals surface area (Å²) in [5, 5.41) is 8.47. The third kappa shape index (κ3) is 1.89. The number of aryl methyl sites for hydroxylation is 1. The molecular formula is C12H11ClN4S. The zero-order valence-electron chi connectivity index (χ0n) is 9.80. The van der Waals surface area contributed by atoms with Gasteiger partial charge >= 0.3 is 0 Å². The molecule has 0 spiro atoms. The maximum Gasteiger partial charge on any atom is 0.229 e. The van der Waals surface area contributed by atoms with Gasteiger partial charge in [-0.2, -0.15) is 0 Å². The van der Waals surface area contributed by atoms with Gasteiger partial charge in [-0.05, 0) is 36.2 Å². The van der Waals surface area contributed by atoms with Crippen molar-refractivity contribution in [3.05, 3.63) is 34.8 Å². The van der Waals surface area contributed by atoms with Crippen molar-refractivity contribution in [2.45, 2.75) is 19.8 Å². The highest BCUT2D eigenvalue weighted by molar-refractivity contribution is 7.16. The largest absolute Gasteiger partial charge is 0.270 e. The minimum absolute atomic E-state index is 0.405. The van der Waals surface area contributed by atoms with Crippen LogP contribution in [-0.4, -0.2) is 19.7 Å². The van der Waals surface area contributed by atoms with Crippen molar-refractivity contribution in [1.82, 2.24) is 19.7 Å². The number of hydrogen-bond acceptors (Lipinski definition) is 4. The van der Waals surface area contributed by atoms with Crippen molar-refractivity contribution >= 4 is 33.2 Å². The Morgan fingerprint density at radius 1 is 1.33 bits per heavy atom. The highest BCUT2D eigenvalue weighted by atomic mass is 35.5. The van der Waals surface area contributed by atoms with E-state index in [4.69, 9.17) is 11.6 Å². The summed E-state index contributed by atoms with van der Waals surface area (Å²) in [6, 6.07) is 6.06. The molecule has 1 aromatic carbocycles. The molecular weight excluding hydrogens is 268 g/mol. The van der Waals surface area contributed by atoms with E-state index in [1.807, 2.05) is 22.2 Å². The Morgan fingerprint density at radius 3 is 3.06 bits per heavy atom. The molecule has 0 saturated carbocycles. The normalized spacial score (nSPS) is 11.2. The lowest BCUT2D eigenvalue weighted by Gasteiger charge is -2.06. The minimum atomic E-state index is 0.405. The van der Waals surface area contributed by atoms with Gasteiger partial charge in [0.15, 0.2) is 0 Å². The Labute approximate surface area is 113 Å². The first-order valence-electron chi connectivity index (χ1n) is 5.73. The smallest absolute Gasteiger partial charge is 0.229 e. The molecule has 0 radical (unpaired) electrons. The first-order valence-corrected chi connectivity index (χ1v) is 6.98. The molecule has 18 heavy (non-hydrogen) atoms. The predicted octanol–water partition coefficient (Wildman–Crippen LogP) is 3.48. The summed E-state index contributed by atoms with van der Waals surface area (Å²) in [4.78, 5) is 4.27. The molecule has 3 rings (SSSR count). The predicted molar refractivity (Wildman–Crippen MR) is 73.5 cm³/mol. The van der Waals surface area contributed by atoms with Crippen molar-refractivity contribution < 1.29 is 0 Å². The second-order valence-corrected chi connectivity index (χ2v) is 5.20. The SMILES string of the molecule is CCCc1nnc(Cl)n1-c1ccc2ncsc2c1. The minimum Gasteiger partial charge on any atom is -0.270 e. The lowest BCUT2D eigenvalue weighted by atomic mass is 10.2. The highest BCUT2D eigenvalue weighted by Crippen LogP contribution is 2.24. The van der Waals surface area contributed by atoms with Crippen molar-refractivity contribution in [3.63, 3.8) is 0 Å². The Kier molecular flexibility index (Phi) is 3.01. The molecule has 3 aromatic rings. The van der Waals surface area contributed by atoms with Gasteiger partial charge < -0.3 is 0 Å². The van der Waals surface area contributed by atoms with E-state index in [0.29, 0.717) is 5.28 Å². The number of thiazole rings is 1. The Morgan fingerprint density at radius 2 is 2.22 bits per heavy atom. The second kappa shape index (κ2) is 4.66. The average Bonchev–Trinajstić information content (AvgIpc) is 2.96. The van der Waals surface area contributed by atoms with Gasteiger partial charge in [-0.25, -0.2) is 4.98 Å². The summed E-state index contributed by atoms with van der Waals surface area (Å²) in [5.74, 6) is 0.895. The summed E-state index contributed by atoms with van der Waals surface area (Å²) in [6.45, 7) is 2.11. The molecule has 0 amide bonds. The van der Waals surface area contributed by atoms with Crippen LogP contribution in [0.2, 0.25) is 5.28 Å². The van der Waals surface area contributed by atoms with Gasteiger partial charge in [0.2, 0.25) is 5.28 Å². The van der Waals surface area contributed by atoms with Gasteiger partial charge in [-0.1, -0.05) is 6.92 Å². The topological polar surface area (TPSA) is 43.6 Å². The Bertz CT molecular complexity index is 688. The first kappa shape index (κ1) is 11.6. The van der Waals surface area contributed by atoms with Gasteiger partial charge in [-0.3, -0.25) is 4.57 Å². The molecule has 0 bridgehead atoms. The van der Waals surface area contributed by atoms with Crippen LogP contribution >= 0.6 is 22.9 Å². The molecule has 2 heterocycles. The molecule has 0 atom stereocenters. The summed E-state index contributed by atoms with van der Waals surface area (Å²) in [7, 11) is 0. The summed E-state index contributed by atoms with van der Waals surface area (Å²) in [6.07, 6.45) is 1.87. The molecule has 0 unspecified atom stereocenters. The number of hydrogen-bond donors (Lipinski definition) is 0. The van der Waals surface area contributed by atoms with Crippen LogP contribution in [0.4, 0.5) is 0 Å². The zero-order valence-corrected chi connectivity index (χ0v) is 11.4. The lowest BCUT2D eigenvalue weighted by molar-refractivity contribution is 0.803. The fourth-order valence-corrected chi connectivity index (χ4v) is 2.86. The summed E-state index contributed by atoms with van der Waals surface area (Å²) in [5.41, 5.74) is 3.84. The molecule has 4 nitrogen and oxygen atoms in total. The molecule has 0 aliphatic carbocycles. The molecule has 0 N–H and O–H groups in total. The molecule has 0 fully saturated rings. The number of nitrogens with zero attached hydrogens (tertiary/aromatic N) is 4. The number of fused-ring (bicyclic) bond motifs is 1. The second-order valence-electron chi connectivity index (χ2n) is 3.98. The molecule has 6 heteroatoms. The van der Waals surface area contributed by atoms with Crippen molar-refractivity contribution in [2.75, 3.05) is 0 Å². The standard InChI is InChI=1S/C12H11ClN4S/c1-2-3-11-15-16-12(13)17(11)8-4-5-9-10(6-8)18-7-14-9/h4-7H,2-3H2,1H3. The van der Waals surface area contributed by atoms with Crippen molar-refractivity contribution in [3.8, 4) is 5.69 Å². The van der Waals surface area contributed by atoms with Crippen LogP contribution in [0.1, 0.15) is 19.2 Å². The molecule has 0 saturated heterocycles. The van der Waals surface area contributed by atoms with Crippen LogP contribution in [0.15, 0.2) is 23.7 Å². The van der Waals surface area contributed by atoms with E-state index < -0.39 is 0 Å².